The van der Waals surface area contributed by atoms with Gasteiger partial charge >= 0.3 is 0 Å². The molecule has 1 saturated heterocycles. The Morgan fingerprint density at radius 3 is 2.53 bits per heavy atom. The first-order valence-corrected chi connectivity index (χ1v) is 5.54. The van der Waals surface area contributed by atoms with Gasteiger partial charge in [-0.05, 0) is 24.5 Å². The summed E-state index contributed by atoms with van der Waals surface area (Å²) < 4.78 is 4.94. The summed E-state index contributed by atoms with van der Waals surface area (Å²) in [4.78, 5) is 0. The first kappa shape index (κ1) is 10.2. The molecular weight excluding hydrogens is 186 g/mol. The fourth-order valence-corrected chi connectivity index (χ4v) is 1.67. The number of hydrogen-bond donors (Lipinski definition) is 1. The SMILES string of the molecule is C1=Cc2ccccc2NC1.C1CCOC1. The summed E-state index contributed by atoms with van der Waals surface area (Å²) in [5.74, 6) is 0. The third kappa shape index (κ3) is 3.10. The standard InChI is InChI=1S/C9H9N.C4H8O/c1-2-6-9-8(4-1)5-3-7-10-9;1-2-4-5-3-1/h1-6,10H,7H2;1-4H2. The predicted molar refractivity (Wildman–Crippen MR) is 64.0 cm³/mol. The molecule has 2 aliphatic rings. The normalized spacial score (nSPS) is 17.3. The Hall–Kier alpha value is -1.28. The molecule has 1 aromatic carbocycles. The fourth-order valence-electron chi connectivity index (χ4n) is 1.67. The molecule has 0 atom stereocenters. The van der Waals surface area contributed by atoms with Crippen molar-refractivity contribution >= 4 is 11.8 Å². The van der Waals surface area contributed by atoms with Crippen molar-refractivity contribution in [1.82, 2.24) is 0 Å². The number of fused-ring (bicyclic) bond motifs is 1. The smallest absolute Gasteiger partial charge is 0.0466 e. The Labute approximate surface area is 91.0 Å². The molecule has 2 heteroatoms. The maximum Gasteiger partial charge on any atom is 0.0466 e. The van der Waals surface area contributed by atoms with E-state index in [2.05, 4.69) is 35.7 Å². The van der Waals surface area contributed by atoms with Gasteiger partial charge in [-0.3, -0.25) is 0 Å². The van der Waals surface area contributed by atoms with Crippen molar-refractivity contribution < 1.29 is 4.74 Å². The van der Waals surface area contributed by atoms with Gasteiger partial charge in [0.05, 0.1) is 0 Å². The van der Waals surface area contributed by atoms with E-state index < -0.39 is 0 Å². The first-order valence-electron chi connectivity index (χ1n) is 5.54. The molecule has 3 rings (SSSR count). The summed E-state index contributed by atoms with van der Waals surface area (Å²) in [5, 5.41) is 3.28. The topological polar surface area (TPSA) is 21.3 Å². The predicted octanol–water partition coefficient (Wildman–Crippen LogP) is 2.92. The van der Waals surface area contributed by atoms with Crippen molar-refractivity contribution in [2.75, 3.05) is 25.1 Å². The average Bonchev–Trinajstić information content (AvgIpc) is 2.88. The lowest BCUT2D eigenvalue weighted by atomic mass is 10.1. The highest BCUT2D eigenvalue weighted by Gasteiger charge is 1.98. The highest BCUT2D eigenvalue weighted by molar-refractivity contribution is 5.69. The van der Waals surface area contributed by atoms with Crippen molar-refractivity contribution in [3.8, 4) is 0 Å². The van der Waals surface area contributed by atoms with Crippen LogP contribution in [0.5, 0.6) is 0 Å². The Kier molecular flexibility index (Phi) is 3.80. The Balaban J connectivity index is 0.000000144. The van der Waals surface area contributed by atoms with E-state index in [1.54, 1.807) is 0 Å². The van der Waals surface area contributed by atoms with Gasteiger partial charge < -0.3 is 10.1 Å². The van der Waals surface area contributed by atoms with Crippen LogP contribution in [0.4, 0.5) is 5.69 Å². The number of nitrogens with one attached hydrogen (secondary N) is 1. The summed E-state index contributed by atoms with van der Waals surface area (Å²) in [6.07, 6.45) is 6.83. The summed E-state index contributed by atoms with van der Waals surface area (Å²) in [5.41, 5.74) is 2.53. The van der Waals surface area contributed by atoms with Gasteiger partial charge in [-0.25, -0.2) is 0 Å². The van der Waals surface area contributed by atoms with Crippen molar-refractivity contribution in [1.29, 1.82) is 0 Å². The molecule has 2 nitrogen and oxygen atoms in total. The maximum atomic E-state index is 4.94. The number of para-hydroxylation sites is 1. The highest BCUT2D eigenvalue weighted by Crippen LogP contribution is 2.18. The molecule has 1 N–H and O–H groups in total. The molecule has 0 spiro atoms. The quantitative estimate of drug-likeness (QED) is 0.700. The van der Waals surface area contributed by atoms with E-state index in [-0.39, 0.29) is 0 Å². The van der Waals surface area contributed by atoms with Crippen LogP contribution in [-0.4, -0.2) is 19.8 Å². The molecule has 0 saturated carbocycles. The van der Waals surface area contributed by atoms with Crippen LogP contribution in [0.2, 0.25) is 0 Å². The van der Waals surface area contributed by atoms with Gasteiger partial charge in [0.25, 0.3) is 0 Å². The number of hydrogen-bond acceptors (Lipinski definition) is 2. The molecule has 0 radical (unpaired) electrons. The zero-order chi connectivity index (χ0) is 10.3. The molecule has 0 aliphatic carbocycles. The first-order chi connectivity index (χ1) is 7.47. The minimum absolute atomic E-state index is 0.955. The van der Waals surface area contributed by atoms with Gasteiger partial charge in [-0.1, -0.05) is 30.4 Å². The Bertz CT molecular complexity index is 321. The molecule has 0 amide bonds. The molecule has 1 aromatic rings. The van der Waals surface area contributed by atoms with E-state index in [4.69, 9.17) is 4.74 Å². The van der Waals surface area contributed by atoms with Gasteiger partial charge in [0.1, 0.15) is 0 Å². The van der Waals surface area contributed by atoms with Crippen molar-refractivity contribution in [3.63, 3.8) is 0 Å². The van der Waals surface area contributed by atoms with Gasteiger partial charge in [-0.15, -0.1) is 0 Å². The third-order valence-electron chi connectivity index (χ3n) is 2.50. The maximum absolute atomic E-state index is 4.94. The molecule has 0 aromatic heterocycles. The number of benzene rings is 1. The lowest BCUT2D eigenvalue weighted by Crippen LogP contribution is -2.03. The van der Waals surface area contributed by atoms with Crippen molar-refractivity contribution in [2.45, 2.75) is 12.8 Å². The van der Waals surface area contributed by atoms with E-state index in [1.165, 1.54) is 24.1 Å². The minimum atomic E-state index is 0.955. The van der Waals surface area contributed by atoms with Gasteiger partial charge in [0.2, 0.25) is 0 Å². The van der Waals surface area contributed by atoms with E-state index in [9.17, 15) is 0 Å². The Morgan fingerprint density at radius 1 is 1.07 bits per heavy atom. The Morgan fingerprint density at radius 2 is 1.87 bits per heavy atom. The average molecular weight is 203 g/mol. The molecule has 0 bridgehead atoms. The molecule has 80 valence electrons. The zero-order valence-corrected chi connectivity index (χ0v) is 8.91. The van der Waals surface area contributed by atoms with Crippen LogP contribution < -0.4 is 5.32 Å². The second-order valence-corrected chi connectivity index (χ2v) is 3.69. The highest BCUT2D eigenvalue weighted by atomic mass is 16.5. The molecule has 2 heterocycles. The van der Waals surface area contributed by atoms with E-state index in [0.29, 0.717) is 0 Å². The molecule has 2 aliphatic heterocycles. The molecule has 0 unspecified atom stereocenters. The summed E-state index contributed by atoms with van der Waals surface area (Å²) in [6.45, 7) is 2.96. The van der Waals surface area contributed by atoms with Crippen LogP contribution in [-0.2, 0) is 4.74 Å². The molecule has 15 heavy (non-hydrogen) atoms. The fraction of sp³-hybridized carbons (Fsp3) is 0.385. The molecule has 1 fully saturated rings. The summed E-state index contributed by atoms with van der Waals surface area (Å²) in [7, 11) is 0. The van der Waals surface area contributed by atoms with Crippen LogP contribution in [0, 0.1) is 0 Å². The van der Waals surface area contributed by atoms with Gasteiger partial charge in [-0.2, -0.15) is 0 Å². The minimum Gasteiger partial charge on any atom is -0.381 e. The van der Waals surface area contributed by atoms with Crippen molar-refractivity contribution in [3.05, 3.63) is 35.9 Å². The summed E-state index contributed by atoms with van der Waals surface area (Å²) >= 11 is 0. The lowest BCUT2D eigenvalue weighted by Gasteiger charge is -2.11. The van der Waals surface area contributed by atoms with Crippen LogP contribution in [0.15, 0.2) is 30.3 Å². The second-order valence-electron chi connectivity index (χ2n) is 3.69. The van der Waals surface area contributed by atoms with E-state index >= 15 is 0 Å². The summed E-state index contributed by atoms with van der Waals surface area (Å²) in [6, 6.07) is 8.30. The van der Waals surface area contributed by atoms with Crippen LogP contribution >= 0.6 is 0 Å². The number of anilines is 1. The zero-order valence-electron chi connectivity index (χ0n) is 8.91. The van der Waals surface area contributed by atoms with Gasteiger partial charge in [0.15, 0.2) is 0 Å². The van der Waals surface area contributed by atoms with Crippen LogP contribution in [0.1, 0.15) is 18.4 Å². The van der Waals surface area contributed by atoms with Crippen molar-refractivity contribution in [2.24, 2.45) is 0 Å². The number of rotatable bonds is 0. The lowest BCUT2D eigenvalue weighted by molar-refractivity contribution is 0.198. The third-order valence-corrected chi connectivity index (χ3v) is 2.50. The molecular formula is C13H17NO. The van der Waals surface area contributed by atoms with E-state index in [1.807, 2.05) is 6.07 Å². The second kappa shape index (κ2) is 5.56. The largest absolute Gasteiger partial charge is 0.381 e. The van der Waals surface area contributed by atoms with Crippen LogP contribution in [0.25, 0.3) is 6.08 Å². The van der Waals surface area contributed by atoms with Gasteiger partial charge in [0, 0.05) is 25.4 Å². The number of ether oxygens (including phenoxy) is 1. The monoisotopic (exact) mass is 203 g/mol. The van der Waals surface area contributed by atoms with E-state index in [0.717, 1.165) is 19.8 Å². The van der Waals surface area contributed by atoms with Crippen LogP contribution in [0.3, 0.4) is 0 Å².